The van der Waals surface area contributed by atoms with E-state index in [0.29, 0.717) is 18.4 Å². The van der Waals surface area contributed by atoms with Crippen LogP contribution in [0.3, 0.4) is 0 Å². The van der Waals surface area contributed by atoms with E-state index in [9.17, 15) is 4.79 Å². The van der Waals surface area contributed by atoms with Crippen LogP contribution in [0, 0.1) is 5.92 Å². The lowest BCUT2D eigenvalue weighted by Gasteiger charge is -2.19. The second kappa shape index (κ2) is 8.41. The smallest absolute Gasteiger partial charge is 0.221 e. The number of benzene rings is 1. The lowest BCUT2D eigenvalue weighted by Crippen LogP contribution is -2.27. The molecule has 0 radical (unpaired) electrons. The number of allylic oxidation sites excluding steroid dienone is 2. The molecule has 4 heteroatoms. The first-order valence-electron chi connectivity index (χ1n) is 9.46. The minimum atomic E-state index is -0.0488. The Labute approximate surface area is 150 Å². The molecule has 1 N–H and O–H groups in total. The van der Waals surface area contributed by atoms with Crippen LogP contribution in [0.15, 0.2) is 30.4 Å². The molecular weight excluding hydrogens is 314 g/mol. The summed E-state index contributed by atoms with van der Waals surface area (Å²) in [4.78, 5) is 12.2. The van der Waals surface area contributed by atoms with Crippen molar-refractivity contribution in [1.82, 2.24) is 5.32 Å². The van der Waals surface area contributed by atoms with Crippen molar-refractivity contribution in [2.24, 2.45) is 5.92 Å². The SMILES string of the molecule is COc1cc([C@@H](C)NC(=O)C[C@@H]2C=CCC2)ccc1OC1CCCC1. The van der Waals surface area contributed by atoms with Crippen LogP contribution in [0.25, 0.3) is 0 Å². The van der Waals surface area contributed by atoms with Crippen LogP contribution in [0.5, 0.6) is 11.5 Å². The molecule has 0 heterocycles. The van der Waals surface area contributed by atoms with Gasteiger partial charge in [-0.2, -0.15) is 0 Å². The summed E-state index contributed by atoms with van der Waals surface area (Å²) in [6.07, 6.45) is 12.1. The Hall–Kier alpha value is -1.97. The normalized spacial score (nSPS) is 21.3. The number of methoxy groups -OCH3 is 1. The maximum Gasteiger partial charge on any atom is 0.221 e. The van der Waals surface area contributed by atoms with Crippen LogP contribution in [0.4, 0.5) is 0 Å². The van der Waals surface area contributed by atoms with Crippen molar-refractivity contribution < 1.29 is 14.3 Å². The van der Waals surface area contributed by atoms with E-state index in [2.05, 4.69) is 17.5 Å². The standard InChI is InChI=1S/C21H29NO3/c1-15(22-21(23)13-16-7-3-4-8-16)17-11-12-19(20(14-17)24-2)25-18-9-5-6-10-18/h3,7,11-12,14-16,18H,4-6,8-10,13H2,1-2H3,(H,22,23)/t15-,16-/m1/s1. The Kier molecular flexibility index (Phi) is 6.00. The highest BCUT2D eigenvalue weighted by molar-refractivity contribution is 5.77. The van der Waals surface area contributed by atoms with Crippen molar-refractivity contribution in [2.45, 2.75) is 64.0 Å². The Morgan fingerprint density at radius 1 is 1.24 bits per heavy atom. The summed E-state index contributed by atoms with van der Waals surface area (Å²) in [5.41, 5.74) is 1.03. The largest absolute Gasteiger partial charge is 0.493 e. The topological polar surface area (TPSA) is 47.6 Å². The van der Waals surface area contributed by atoms with Gasteiger partial charge in [0.15, 0.2) is 11.5 Å². The van der Waals surface area contributed by atoms with E-state index in [0.717, 1.165) is 42.7 Å². The zero-order valence-corrected chi connectivity index (χ0v) is 15.3. The van der Waals surface area contributed by atoms with Gasteiger partial charge in [-0.15, -0.1) is 0 Å². The second-order valence-electron chi connectivity index (χ2n) is 7.19. The summed E-state index contributed by atoms with van der Waals surface area (Å²) in [6, 6.07) is 5.92. The molecule has 2 aliphatic carbocycles. The van der Waals surface area contributed by atoms with Crippen molar-refractivity contribution >= 4 is 5.91 Å². The number of hydrogen-bond donors (Lipinski definition) is 1. The molecule has 0 aliphatic heterocycles. The fraction of sp³-hybridized carbons (Fsp3) is 0.571. The van der Waals surface area contributed by atoms with Gasteiger partial charge in [0.05, 0.1) is 19.3 Å². The molecule has 0 unspecified atom stereocenters. The maximum atomic E-state index is 12.2. The van der Waals surface area contributed by atoms with Gasteiger partial charge in [-0.3, -0.25) is 4.79 Å². The van der Waals surface area contributed by atoms with Crippen LogP contribution in [-0.4, -0.2) is 19.1 Å². The average molecular weight is 343 g/mol. The molecule has 2 aliphatic rings. The van der Waals surface area contributed by atoms with Gasteiger partial charge in [0, 0.05) is 6.42 Å². The summed E-state index contributed by atoms with van der Waals surface area (Å²) in [5.74, 6) is 2.04. The summed E-state index contributed by atoms with van der Waals surface area (Å²) in [6.45, 7) is 2.01. The number of ether oxygens (including phenoxy) is 2. The monoisotopic (exact) mass is 343 g/mol. The fourth-order valence-corrected chi connectivity index (χ4v) is 3.72. The zero-order valence-electron chi connectivity index (χ0n) is 15.3. The predicted octanol–water partition coefficient (Wildman–Crippen LogP) is 4.55. The van der Waals surface area contributed by atoms with Gasteiger partial charge in [-0.05, 0) is 69.1 Å². The number of nitrogens with one attached hydrogen (secondary N) is 1. The van der Waals surface area contributed by atoms with Crippen molar-refractivity contribution in [2.75, 3.05) is 7.11 Å². The lowest BCUT2D eigenvalue weighted by molar-refractivity contribution is -0.122. The molecule has 0 spiro atoms. The summed E-state index contributed by atoms with van der Waals surface area (Å²) >= 11 is 0. The summed E-state index contributed by atoms with van der Waals surface area (Å²) in [7, 11) is 1.66. The second-order valence-corrected chi connectivity index (χ2v) is 7.19. The molecule has 2 atom stereocenters. The van der Waals surface area contributed by atoms with E-state index in [1.807, 2.05) is 25.1 Å². The van der Waals surface area contributed by atoms with Crippen LogP contribution in [-0.2, 0) is 4.79 Å². The molecule has 0 bridgehead atoms. The van der Waals surface area contributed by atoms with Crippen molar-refractivity contribution in [3.8, 4) is 11.5 Å². The first kappa shape index (κ1) is 17.8. The minimum absolute atomic E-state index is 0.0488. The van der Waals surface area contributed by atoms with Gasteiger partial charge in [0.25, 0.3) is 0 Å². The molecule has 0 aromatic heterocycles. The Morgan fingerprint density at radius 2 is 2.04 bits per heavy atom. The summed E-state index contributed by atoms with van der Waals surface area (Å²) in [5, 5.41) is 3.10. The molecule has 3 rings (SSSR count). The maximum absolute atomic E-state index is 12.2. The predicted molar refractivity (Wildman–Crippen MR) is 98.9 cm³/mol. The highest BCUT2D eigenvalue weighted by Crippen LogP contribution is 2.33. The Morgan fingerprint density at radius 3 is 2.72 bits per heavy atom. The molecular formula is C21H29NO3. The number of amides is 1. The molecule has 1 saturated carbocycles. The fourth-order valence-electron chi connectivity index (χ4n) is 3.72. The highest BCUT2D eigenvalue weighted by atomic mass is 16.5. The number of carbonyl (C=O) groups is 1. The van der Waals surface area contributed by atoms with Crippen molar-refractivity contribution in [3.05, 3.63) is 35.9 Å². The van der Waals surface area contributed by atoms with Gasteiger partial charge in [-0.1, -0.05) is 18.2 Å². The van der Waals surface area contributed by atoms with E-state index in [1.54, 1.807) is 7.11 Å². The number of rotatable bonds is 7. The molecule has 25 heavy (non-hydrogen) atoms. The summed E-state index contributed by atoms with van der Waals surface area (Å²) < 4.78 is 11.6. The van der Waals surface area contributed by atoms with Gasteiger partial charge in [0.2, 0.25) is 5.91 Å². The third kappa shape index (κ3) is 4.77. The molecule has 1 fully saturated rings. The quantitative estimate of drug-likeness (QED) is 0.739. The molecule has 0 saturated heterocycles. The zero-order chi connectivity index (χ0) is 17.6. The average Bonchev–Trinajstić information content (AvgIpc) is 3.29. The van der Waals surface area contributed by atoms with E-state index in [1.165, 1.54) is 12.8 Å². The Bertz CT molecular complexity index is 620. The highest BCUT2D eigenvalue weighted by Gasteiger charge is 2.20. The van der Waals surface area contributed by atoms with Gasteiger partial charge in [-0.25, -0.2) is 0 Å². The lowest BCUT2D eigenvalue weighted by atomic mass is 10.0. The van der Waals surface area contributed by atoms with Gasteiger partial charge in [0.1, 0.15) is 0 Å². The molecule has 1 aromatic carbocycles. The third-order valence-corrected chi connectivity index (χ3v) is 5.22. The molecule has 4 nitrogen and oxygen atoms in total. The number of carbonyl (C=O) groups excluding carboxylic acids is 1. The molecule has 1 aromatic rings. The van der Waals surface area contributed by atoms with Gasteiger partial charge >= 0.3 is 0 Å². The third-order valence-electron chi connectivity index (χ3n) is 5.22. The Balaban J connectivity index is 1.60. The van der Waals surface area contributed by atoms with Crippen LogP contribution in [0.2, 0.25) is 0 Å². The van der Waals surface area contributed by atoms with Crippen LogP contribution >= 0.6 is 0 Å². The van der Waals surface area contributed by atoms with Crippen LogP contribution in [0.1, 0.15) is 63.5 Å². The van der Waals surface area contributed by atoms with E-state index < -0.39 is 0 Å². The van der Waals surface area contributed by atoms with E-state index in [4.69, 9.17) is 9.47 Å². The molecule has 136 valence electrons. The van der Waals surface area contributed by atoms with E-state index >= 15 is 0 Å². The molecule has 1 amide bonds. The first-order valence-corrected chi connectivity index (χ1v) is 9.46. The van der Waals surface area contributed by atoms with Crippen molar-refractivity contribution in [3.63, 3.8) is 0 Å². The minimum Gasteiger partial charge on any atom is -0.493 e. The van der Waals surface area contributed by atoms with Gasteiger partial charge < -0.3 is 14.8 Å². The van der Waals surface area contributed by atoms with Crippen molar-refractivity contribution in [1.29, 1.82) is 0 Å². The van der Waals surface area contributed by atoms with E-state index in [-0.39, 0.29) is 11.9 Å². The van der Waals surface area contributed by atoms with Crippen LogP contribution < -0.4 is 14.8 Å². The first-order chi connectivity index (χ1) is 12.2. The number of hydrogen-bond acceptors (Lipinski definition) is 3.